The van der Waals surface area contributed by atoms with Gasteiger partial charge >= 0.3 is 0 Å². The third-order valence-corrected chi connectivity index (χ3v) is 2.83. The van der Waals surface area contributed by atoms with Gasteiger partial charge in [-0.2, -0.15) is 0 Å². The van der Waals surface area contributed by atoms with Crippen LogP contribution in [0.25, 0.3) is 0 Å². The van der Waals surface area contributed by atoms with E-state index < -0.39 is 0 Å². The number of likely N-dealkylation sites (N-methyl/N-ethyl adjacent to an activating group) is 1. The zero-order valence-electron chi connectivity index (χ0n) is 11.0. The van der Waals surface area contributed by atoms with Crippen molar-refractivity contribution in [2.24, 2.45) is 5.92 Å². The molecule has 1 rings (SSSR count). The summed E-state index contributed by atoms with van der Waals surface area (Å²) < 4.78 is 0. The third-order valence-electron chi connectivity index (χ3n) is 2.83. The van der Waals surface area contributed by atoms with Gasteiger partial charge in [-0.25, -0.2) is 0 Å². The van der Waals surface area contributed by atoms with Crippen LogP contribution in [0.1, 0.15) is 26.0 Å². The SMILES string of the molecule is CC(C)CC(CNCc1ccc[nH]1)N(C)C. The number of nitrogens with one attached hydrogen (secondary N) is 2. The fourth-order valence-electron chi connectivity index (χ4n) is 1.87. The Balaban J connectivity index is 2.27. The van der Waals surface area contributed by atoms with Gasteiger partial charge in [0, 0.05) is 31.0 Å². The molecule has 1 unspecified atom stereocenters. The monoisotopic (exact) mass is 223 g/mol. The van der Waals surface area contributed by atoms with Crippen molar-refractivity contribution >= 4 is 0 Å². The average molecular weight is 223 g/mol. The fourth-order valence-corrected chi connectivity index (χ4v) is 1.87. The molecular formula is C13H25N3. The van der Waals surface area contributed by atoms with Gasteiger partial charge < -0.3 is 15.2 Å². The summed E-state index contributed by atoms with van der Waals surface area (Å²) in [6.07, 6.45) is 3.21. The van der Waals surface area contributed by atoms with E-state index >= 15 is 0 Å². The van der Waals surface area contributed by atoms with Gasteiger partial charge in [0.05, 0.1) is 0 Å². The molecule has 16 heavy (non-hydrogen) atoms. The lowest BCUT2D eigenvalue weighted by Gasteiger charge is -2.26. The highest BCUT2D eigenvalue weighted by Gasteiger charge is 2.12. The Morgan fingerprint density at radius 2 is 2.12 bits per heavy atom. The lowest BCUT2D eigenvalue weighted by atomic mass is 10.0. The van der Waals surface area contributed by atoms with E-state index in [2.05, 4.69) is 49.2 Å². The Labute approximate surface area is 99.2 Å². The summed E-state index contributed by atoms with van der Waals surface area (Å²) in [6.45, 7) is 6.53. The second-order valence-corrected chi connectivity index (χ2v) is 5.07. The summed E-state index contributed by atoms with van der Waals surface area (Å²) in [5.41, 5.74) is 1.25. The molecule has 0 saturated carbocycles. The van der Waals surface area contributed by atoms with Gasteiger partial charge in [-0.15, -0.1) is 0 Å². The molecule has 0 bridgehead atoms. The van der Waals surface area contributed by atoms with E-state index in [1.54, 1.807) is 0 Å². The molecule has 1 aromatic heterocycles. The Bertz CT molecular complexity index is 265. The summed E-state index contributed by atoms with van der Waals surface area (Å²) in [4.78, 5) is 5.51. The van der Waals surface area contributed by atoms with Crippen LogP contribution in [0.15, 0.2) is 18.3 Å². The van der Waals surface area contributed by atoms with Crippen LogP contribution in [-0.4, -0.2) is 36.6 Å². The Morgan fingerprint density at radius 3 is 2.62 bits per heavy atom. The van der Waals surface area contributed by atoms with Crippen molar-refractivity contribution in [3.63, 3.8) is 0 Å². The van der Waals surface area contributed by atoms with Crippen molar-refractivity contribution in [3.05, 3.63) is 24.0 Å². The molecule has 0 aliphatic carbocycles. The van der Waals surface area contributed by atoms with Crippen LogP contribution >= 0.6 is 0 Å². The van der Waals surface area contributed by atoms with Gasteiger partial charge in [-0.05, 0) is 38.6 Å². The highest BCUT2D eigenvalue weighted by molar-refractivity contribution is 5.02. The summed E-state index contributed by atoms with van der Waals surface area (Å²) in [7, 11) is 4.31. The number of rotatable bonds is 7. The number of hydrogen-bond acceptors (Lipinski definition) is 2. The Hall–Kier alpha value is -0.800. The Morgan fingerprint density at radius 1 is 1.38 bits per heavy atom. The molecule has 0 amide bonds. The summed E-state index contributed by atoms with van der Waals surface area (Å²) in [5.74, 6) is 0.750. The molecule has 0 spiro atoms. The number of aromatic amines is 1. The fraction of sp³-hybridized carbons (Fsp3) is 0.692. The summed E-state index contributed by atoms with van der Waals surface area (Å²) >= 11 is 0. The lowest BCUT2D eigenvalue weighted by Crippen LogP contribution is -2.38. The number of aromatic nitrogens is 1. The van der Waals surface area contributed by atoms with Crippen LogP contribution in [0, 0.1) is 5.92 Å². The van der Waals surface area contributed by atoms with Gasteiger partial charge in [-0.3, -0.25) is 0 Å². The second-order valence-electron chi connectivity index (χ2n) is 5.07. The predicted molar refractivity (Wildman–Crippen MR) is 69.4 cm³/mol. The number of nitrogens with zero attached hydrogens (tertiary/aromatic N) is 1. The Kier molecular flexibility index (Phi) is 5.56. The first kappa shape index (κ1) is 13.3. The highest BCUT2D eigenvalue weighted by atomic mass is 15.1. The van der Waals surface area contributed by atoms with Crippen molar-refractivity contribution in [3.8, 4) is 0 Å². The van der Waals surface area contributed by atoms with Crippen LogP contribution in [-0.2, 0) is 6.54 Å². The third kappa shape index (κ3) is 4.81. The molecule has 1 atom stereocenters. The van der Waals surface area contributed by atoms with Crippen molar-refractivity contribution in [1.29, 1.82) is 0 Å². The van der Waals surface area contributed by atoms with Crippen LogP contribution in [0.2, 0.25) is 0 Å². The van der Waals surface area contributed by atoms with Gasteiger partial charge in [0.1, 0.15) is 0 Å². The summed E-state index contributed by atoms with van der Waals surface area (Å²) in [5, 5.41) is 3.50. The minimum atomic E-state index is 0.620. The van der Waals surface area contributed by atoms with Gasteiger partial charge in [0.15, 0.2) is 0 Å². The van der Waals surface area contributed by atoms with Crippen LogP contribution in [0.5, 0.6) is 0 Å². The molecule has 0 aliphatic rings. The first-order valence-electron chi connectivity index (χ1n) is 6.09. The molecule has 0 aliphatic heterocycles. The van der Waals surface area contributed by atoms with E-state index in [1.165, 1.54) is 12.1 Å². The lowest BCUT2D eigenvalue weighted by molar-refractivity contribution is 0.246. The van der Waals surface area contributed by atoms with Crippen molar-refractivity contribution in [2.75, 3.05) is 20.6 Å². The van der Waals surface area contributed by atoms with E-state index in [4.69, 9.17) is 0 Å². The summed E-state index contributed by atoms with van der Waals surface area (Å²) in [6, 6.07) is 4.77. The van der Waals surface area contributed by atoms with E-state index in [0.717, 1.165) is 19.0 Å². The van der Waals surface area contributed by atoms with Crippen LogP contribution in [0.3, 0.4) is 0 Å². The van der Waals surface area contributed by atoms with Crippen molar-refractivity contribution < 1.29 is 0 Å². The second kappa shape index (κ2) is 6.71. The molecule has 0 radical (unpaired) electrons. The standard InChI is InChI=1S/C13H25N3/c1-11(2)8-13(16(3)4)10-14-9-12-6-5-7-15-12/h5-7,11,13-15H,8-10H2,1-4H3. The first-order chi connectivity index (χ1) is 7.59. The number of hydrogen-bond donors (Lipinski definition) is 2. The maximum atomic E-state index is 3.50. The molecule has 3 heteroatoms. The van der Waals surface area contributed by atoms with E-state index in [1.807, 2.05) is 12.3 Å². The van der Waals surface area contributed by atoms with Crippen molar-refractivity contribution in [1.82, 2.24) is 15.2 Å². The van der Waals surface area contributed by atoms with Gasteiger partial charge in [0.2, 0.25) is 0 Å². The van der Waals surface area contributed by atoms with E-state index in [-0.39, 0.29) is 0 Å². The largest absolute Gasteiger partial charge is 0.364 e. The topological polar surface area (TPSA) is 31.1 Å². The molecule has 1 aromatic rings. The zero-order chi connectivity index (χ0) is 12.0. The zero-order valence-corrected chi connectivity index (χ0v) is 11.0. The predicted octanol–water partition coefficient (Wildman–Crippen LogP) is 2.08. The number of H-pyrrole nitrogens is 1. The molecular weight excluding hydrogens is 198 g/mol. The molecule has 2 N–H and O–H groups in total. The quantitative estimate of drug-likeness (QED) is 0.741. The van der Waals surface area contributed by atoms with Gasteiger partial charge in [0.25, 0.3) is 0 Å². The van der Waals surface area contributed by atoms with Crippen LogP contribution < -0.4 is 5.32 Å². The van der Waals surface area contributed by atoms with E-state index in [9.17, 15) is 0 Å². The van der Waals surface area contributed by atoms with Crippen LogP contribution in [0.4, 0.5) is 0 Å². The minimum Gasteiger partial charge on any atom is -0.364 e. The smallest absolute Gasteiger partial charge is 0.0357 e. The molecule has 92 valence electrons. The maximum Gasteiger partial charge on any atom is 0.0357 e. The molecule has 0 saturated heterocycles. The highest BCUT2D eigenvalue weighted by Crippen LogP contribution is 2.08. The van der Waals surface area contributed by atoms with E-state index in [0.29, 0.717) is 6.04 Å². The normalized spacial score (nSPS) is 13.6. The average Bonchev–Trinajstić information content (AvgIpc) is 2.68. The van der Waals surface area contributed by atoms with Crippen molar-refractivity contribution in [2.45, 2.75) is 32.9 Å². The van der Waals surface area contributed by atoms with Gasteiger partial charge in [-0.1, -0.05) is 13.8 Å². The molecule has 0 fully saturated rings. The maximum absolute atomic E-state index is 3.50. The minimum absolute atomic E-state index is 0.620. The first-order valence-corrected chi connectivity index (χ1v) is 6.09. The molecule has 0 aromatic carbocycles. The molecule has 3 nitrogen and oxygen atoms in total. The molecule has 1 heterocycles.